The maximum Gasteiger partial charge on any atom is 0.234 e. The molecule has 1 saturated heterocycles. The van der Waals surface area contributed by atoms with Crippen molar-refractivity contribution >= 4 is 0 Å². The fourth-order valence-corrected chi connectivity index (χ4v) is 3.30. The van der Waals surface area contributed by atoms with Gasteiger partial charge in [0.15, 0.2) is 5.82 Å². The van der Waals surface area contributed by atoms with Crippen LogP contribution in [0.3, 0.4) is 0 Å². The highest BCUT2D eigenvalue weighted by Gasteiger charge is 2.38. The number of nitrogens with two attached hydrogens (primary N) is 1. The molecule has 1 aliphatic carbocycles. The first kappa shape index (κ1) is 13.1. The average Bonchev–Trinajstić information content (AvgIpc) is 3.12. The topological polar surface area (TPSA) is 74.2 Å². The zero-order valence-electron chi connectivity index (χ0n) is 11.4. The van der Waals surface area contributed by atoms with Crippen LogP contribution in [-0.2, 0) is 16.6 Å². The summed E-state index contributed by atoms with van der Waals surface area (Å²) in [6, 6.07) is 0. The molecular weight excluding hydrogens is 242 g/mol. The molecule has 1 unspecified atom stereocenters. The maximum absolute atomic E-state index is 5.99. The summed E-state index contributed by atoms with van der Waals surface area (Å²) in [6.07, 6.45) is 9.14. The van der Waals surface area contributed by atoms with Crippen LogP contribution in [0.25, 0.3) is 0 Å². The molecule has 1 aromatic rings. The fourth-order valence-electron chi connectivity index (χ4n) is 3.30. The van der Waals surface area contributed by atoms with Crippen molar-refractivity contribution in [3.8, 4) is 0 Å². The van der Waals surface area contributed by atoms with Crippen LogP contribution in [0, 0.1) is 0 Å². The Hall–Kier alpha value is -0.940. The van der Waals surface area contributed by atoms with Gasteiger partial charge in [0.25, 0.3) is 0 Å². The van der Waals surface area contributed by atoms with Crippen LogP contribution in [-0.4, -0.2) is 29.4 Å². The van der Waals surface area contributed by atoms with E-state index in [4.69, 9.17) is 15.0 Å². The van der Waals surface area contributed by atoms with Crippen molar-refractivity contribution in [1.29, 1.82) is 0 Å². The summed E-state index contributed by atoms with van der Waals surface area (Å²) in [6.45, 7) is 1.47. The average molecular weight is 265 g/mol. The lowest BCUT2D eigenvalue weighted by Crippen LogP contribution is -2.37. The Kier molecular flexibility index (Phi) is 3.84. The van der Waals surface area contributed by atoms with E-state index in [-0.39, 0.29) is 11.5 Å². The Morgan fingerprint density at radius 1 is 1.21 bits per heavy atom. The minimum absolute atomic E-state index is 0.0694. The number of aromatic nitrogens is 2. The molecular formula is C14H23N3O2. The first-order valence-electron chi connectivity index (χ1n) is 7.47. The van der Waals surface area contributed by atoms with Gasteiger partial charge in [-0.15, -0.1) is 0 Å². The Bertz CT molecular complexity index is 407. The van der Waals surface area contributed by atoms with E-state index >= 15 is 0 Å². The van der Waals surface area contributed by atoms with Crippen molar-refractivity contribution in [2.45, 2.75) is 62.9 Å². The first-order chi connectivity index (χ1) is 9.32. The van der Waals surface area contributed by atoms with E-state index in [1.807, 2.05) is 0 Å². The maximum atomic E-state index is 5.99. The van der Waals surface area contributed by atoms with Crippen LogP contribution in [0.1, 0.15) is 56.7 Å². The lowest BCUT2D eigenvalue weighted by atomic mass is 9.74. The van der Waals surface area contributed by atoms with Crippen molar-refractivity contribution in [3.63, 3.8) is 0 Å². The van der Waals surface area contributed by atoms with E-state index in [2.05, 4.69) is 10.1 Å². The van der Waals surface area contributed by atoms with Gasteiger partial charge in [-0.3, -0.25) is 0 Å². The minimum Gasteiger partial charge on any atom is -0.378 e. The van der Waals surface area contributed by atoms with Crippen LogP contribution in [0.4, 0.5) is 0 Å². The second-order valence-electron chi connectivity index (χ2n) is 5.90. The number of nitrogens with zero attached hydrogens (tertiary/aromatic N) is 2. The van der Waals surface area contributed by atoms with Crippen molar-refractivity contribution < 1.29 is 9.26 Å². The monoisotopic (exact) mass is 265 g/mol. The Balaban J connectivity index is 1.71. The molecule has 106 valence electrons. The molecule has 0 radical (unpaired) electrons. The number of hydrogen-bond acceptors (Lipinski definition) is 5. The largest absolute Gasteiger partial charge is 0.378 e. The van der Waals surface area contributed by atoms with Crippen molar-refractivity contribution in [2.24, 2.45) is 5.73 Å². The van der Waals surface area contributed by atoms with Crippen LogP contribution in [0.15, 0.2) is 4.52 Å². The third-order valence-corrected chi connectivity index (χ3v) is 4.56. The van der Waals surface area contributed by atoms with Gasteiger partial charge in [-0.05, 0) is 25.7 Å². The quantitative estimate of drug-likeness (QED) is 0.900. The van der Waals surface area contributed by atoms with Gasteiger partial charge in [0, 0.05) is 19.6 Å². The molecule has 1 saturated carbocycles. The number of hydrogen-bond donors (Lipinski definition) is 1. The van der Waals surface area contributed by atoms with E-state index in [1.54, 1.807) is 0 Å². The van der Waals surface area contributed by atoms with E-state index in [0.717, 1.165) is 50.4 Å². The predicted octanol–water partition coefficient (Wildman–Crippen LogP) is 1.95. The number of rotatable bonds is 4. The summed E-state index contributed by atoms with van der Waals surface area (Å²) < 4.78 is 11.1. The molecule has 5 nitrogen and oxygen atoms in total. The molecule has 2 fully saturated rings. The highest BCUT2D eigenvalue weighted by atomic mass is 16.5. The van der Waals surface area contributed by atoms with E-state index in [0.29, 0.717) is 6.54 Å². The Labute approximate surface area is 113 Å². The molecule has 2 aliphatic rings. The van der Waals surface area contributed by atoms with Crippen LogP contribution in [0.5, 0.6) is 0 Å². The summed E-state index contributed by atoms with van der Waals surface area (Å²) >= 11 is 0. The van der Waals surface area contributed by atoms with Gasteiger partial charge in [0.1, 0.15) is 0 Å². The van der Waals surface area contributed by atoms with Crippen molar-refractivity contribution in [3.05, 3.63) is 11.7 Å². The van der Waals surface area contributed by atoms with Gasteiger partial charge in [-0.1, -0.05) is 24.4 Å². The summed E-state index contributed by atoms with van der Waals surface area (Å²) in [5.74, 6) is 1.53. The molecule has 1 atom stereocenters. The highest BCUT2D eigenvalue weighted by Crippen LogP contribution is 2.37. The second kappa shape index (κ2) is 5.59. The zero-order chi connectivity index (χ0) is 13.1. The molecule has 2 N–H and O–H groups in total. The lowest BCUT2D eigenvalue weighted by Gasteiger charge is -2.32. The van der Waals surface area contributed by atoms with Gasteiger partial charge >= 0.3 is 0 Å². The standard InChI is InChI=1S/C14H23N3O2/c15-10-14(6-2-1-3-7-14)13-16-12(17-19-13)9-11-5-4-8-18-11/h11H,1-10,15H2. The van der Waals surface area contributed by atoms with Gasteiger partial charge in [-0.25, -0.2) is 0 Å². The number of ether oxygens (including phenoxy) is 1. The summed E-state index contributed by atoms with van der Waals surface area (Å²) in [7, 11) is 0. The second-order valence-corrected chi connectivity index (χ2v) is 5.90. The molecule has 0 bridgehead atoms. The van der Waals surface area contributed by atoms with Gasteiger partial charge in [-0.2, -0.15) is 4.98 Å². The molecule has 0 spiro atoms. The molecule has 19 heavy (non-hydrogen) atoms. The van der Waals surface area contributed by atoms with Crippen LogP contribution < -0.4 is 5.73 Å². The van der Waals surface area contributed by atoms with Gasteiger partial charge < -0.3 is 15.0 Å². The predicted molar refractivity (Wildman–Crippen MR) is 70.8 cm³/mol. The highest BCUT2D eigenvalue weighted by molar-refractivity contribution is 5.08. The molecule has 0 aromatic carbocycles. The zero-order valence-corrected chi connectivity index (χ0v) is 11.4. The van der Waals surface area contributed by atoms with Crippen molar-refractivity contribution in [2.75, 3.05) is 13.2 Å². The smallest absolute Gasteiger partial charge is 0.234 e. The summed E-state index contributed by atoms with van der Waals surface area (Å²) in [4.78, 5) is 4.60. The van der Waals surface area contributed by atoms with Crippen LogP contribution >= 0.6 is 0 Å². The Morgan fingerprint density at radius 2 is 2.05 bits per heavy atom. The van der Waals surface area contributed by atoms with E-state index in [1.165, 1.54) is 19.3 Å². The molecule has 0 amide bonds. The fraction of sp³-hybridized carbons (Fsp3) is 0.857. The lowest BCUT2D eigenvalue weighted by molar-refractivity contribution is 0.109. The molecule has 1 aromatic heterocycles. The normalized spacial score (nSPS) is 26.7. The molecule has 3 rings (SSSR count). The van der Waals surface area contributed by atoms with Crippen molar-refractivity contribution in [1.82, 2.24) is 10.1 Å². The molecule has 2 heterocycles. The summed E-state index contributed by atoms with van der Waals surface area (Å²) in [5.41, 5.74) is 5.92. The molecule has 5 heteroatoms. The van der Waals surface area contributed by atoms with Crippen LogP contribution in [0.2, 0.25) is 0 Å². The molecule has 1 aliphatic heterocycles. The van der Waals surface area contributed by atoms with Gasteiger partial charge in [0.05, 0.1) is 11.5 Å². The van der Waals surface area contributed by atoms with E-state index < -0.39 is 0 Å². The summed E-state index contributed by atoms with van der Waals surface area (Å²) in [5, 5.41) is 4.13. The third kappa shape index (κ3) is 2.67. The van der Waals surface area contributed by atoms with E-state index in [9.17, 15) is 0 Å². The van der Waals surface area contributed by atoms with Gasteiger partial charge in [0.2, 0.25) is 5.89 Å². The Morgan fingerprint density at radius 3 is 2.74 bits per heavy atom. The third-order valence-electron chi connectivity index (χ3n) is 4.56. The first-order valence-corrected chi connectivity index (χ1v) is 7.47. The minimum atomic E-state index is -0.0694. The SMILES string of the molecule is NCC1(c2nc(CC3CCCO3)no2)CCCCC1.